The molecule has 2 aromatic heterocycles. The molecule has 0 bridgehead atoms. The minimum absolute atomic E-state index is 0.0299. The number of fused-ring (bicyclic) bond motifs is 1. The van der Waals surface area contributed by atoms with E-state index in [2.05, 4.69) is 22.1 Å². The number of aromatic nitrogens is 2. The molecule has 4 heterocycles. The first-order chi connectivity index (χ1) is 21.5. The predicted octanol–water partition coefficient (Wildman–Crippen LogP) is 5.30. The van der Waals surface area contributed by atoms with Gasteiger partial charge in [0.25, 0.3) is 5.56 Å². The van der Waals surface area contributed by atoms with Gasteiger partial charge < -0.3 is 24.5 Å². The summed E-state index contributed by atoms with van der Waals surface area (Å²) in [6.45, 7) is 7.11. The summed E-state index contributed by atoms with van der Waals surface area (Å²) < 4.78 is 60.6. The van der Waals surface area contributed by atoms with Crippen molar-refractivity contribution in [3.63, 3.8) is 0 Å². The number of piperidine rings is 2. The Labute approximate surface area is 259 Å². The van der Waals surface area contributed by atoms with Crippen molar-refractivity contribution in [1.29, 1.82) is 0 Å². The van der Waals surface area contributed by atoms with Gasteiger partial charge in [-0.1, -0.05) is 19.4 Å². The number of unbranched alkanes of at least 4 members (excludes halogenated alkanes) is 1. The number of rotatable bonds is 9. The zero-order valence-electron chi connectivity index (χ0n) is 25.5. The lowest BCUT2D eigenvalue weighted by atomic mass is 9.96. The first-order valence-electron chi connectivity index (χ1n) is 15.2. The molecule has 0 amide bonds. The Morgan fingerprint density at radius 2 is 1.87 bits per heavy atom. The van der Waals surface area contributed by atoms with Gasteiger partial charge >= 0.3 is 12.1 Å². The maximum atomic E-state index is 15.2. The van der Waals surface area contributed by atoms with E-state index in [9.17, 15) is 18.0 Å². The van der Waals surface area contributed by atoms with Crippen LogP contribution in [-0.2, 0) is 11.3 Å². The minimum atomic E-state index is -5.08. The van der Waals surface area contributed by atoms with Gasteiger partial charge in [-0.05, 0) is 73.8 Å². The number of ether oxygens (including phenoxy) is 2. The summed E-state index contributed by atoms with van der Waals surface area (Å²) in [5.41, 5.74) is 1.81. The van der Waals surface area contributed by atoms with Crippen molar-refractivity contribution in [1.82, 2.24) is 19.8 Å². The first-order valence-corrected chi connectivity index (χ1v) is 15.2. The third-order valence-corrected chi connectivity index (χ3v) is 8.18. The van der Waals surface area contributed by atoms with Crippen LogP contribution in [0.4, 0.5) is 17.6 Å². The summed E-state index contributed by atoms with van der Waals surface area (Å²) >= 11 is 0. The molecule has 246 valence electrons. The van der Waals surface area contributed by atoms with Crippen LogP contribution in [0, 0.1) is 5.92 Å². The molecule has 2 aliphatic rings. The molecule has 2 aliphatic heterocycles. The number of benzene rings is 1. The number of alkyl halides is 4. The molecule has 2 atom stereocenters. The molecule has 0 radical (unpaired) electrons. The van der Waals surface area contributed by atoms with E-state index in [1.807, 2.05) is 30.5 Å². The fraction of sp³-hybridized carbons (Fsp3) is 0.531. The highest BCUT2D eigenvalue weighted by atomic mass is 19.4. The van der Waals surface area contributed by atoms with Gasteiger partial charge in [-0.15, -0.1) is 0 Å². The van der Waals surface area contributed by atoms with Gasteiger partial charge in [0.05, 0.1) is 12.5 Å². The Morgan fingerprint density at radius 1 is 1.13 bits per heavy atom. The number of aryl methyl sites for hydroxylation is 1. The molecule has 0 saturated carbocycles. The maximum absolute atomic E-state index is 15.2. The van der Waals surface area contributed by atoms with E-state index in [1.54, 1.807) is 24.1 Å². The molecule has 1 aromatic carbocycles. The van der Waals surface area contributed by atoms with Crippen molar-refractivity contribution < 1.29 is 36.9 Å². The third kappa shape index (κ3) is 8.94. The van der Waals surface area contributed by atoms with Crippen molar-refractivity contribution in [3.05, 3.63) is 53.2 Å². The normalized spacial score (nSPS) is 19.5. The van der Waals surface area contributed by atoms with Gasteiger partial charge in [-0.25, -0.2) is 9.18 Å². The zero-order chi connectivity index (χ0) is 32.6. The molecular formula is C32H40F4N4O5. The summed E-state index contributed by atoms with van der Waals surface area (Å²) in [5, 5.41) is 12.0. The number of nitrogens with zero attached hydrogens (tertiary/aromatic N) is 3. The largest absolute Gasteiger partial charge is 0.493 e. The summed E-state index contributed by atoms with van der Waals surface area (Å²) in [6.07, 6.45) is 3.53. The Kier molecular flexibility index (Phi) is 11.8. The number of hydrogen-bond donors (Lipinski definition) is 2. The van der Waals surface area contributed by atoms with Crippen LogP contribution in [0.3, 0.4) is 0 Å². The number of pyridine rings is 2. The maximum Gasteiger partial charge on any atom is 0.490 e. The van der Waals surface area contributed by atoms with Crippen LogP contribution in [0.25, 0.3) is 21.9 Å². The van der Waals surface area contributed by atoms with E-state index in [-0.39, 0.29) is 5.56 Å². The van der Waals surface area contributed by atoms with E-state index >= 15 is 4.39 Å². The highest BCUT2D eigenvalue weighted by Gasteiger charge is 2.38. The Balaban J connectivity index is 0.000000591. The lowest BCUT2D eigenvalue weighted by Gasteiger charge is -2.37. The van der Waals surface area contributed by atoms with Gasteiger partial charge in [0, 0.05) is 50.3 Å². The standard InChI is InChI=1S/C30H39FN4O3.C2HF3O2/c1-3-4-14-35-19-25(23-9-13-33-17-24(23)30(35)36)22-5-6-28(29(16-22)37-2)38-27-10-15-34(20-26(27)31)18-21-7-11-32-12-8-21;3-2(4,5)1(6)7/h5-6,9,13,16-17,19,21,26-27,32H,3-4,7-8,10-12,14-15,18,20H2,1-2H3;(H,6,7)/t26-,27-;/m0./s1. The van der Waals surface area contributed by atoms with Crippen molar-refractivity contribution in [2.24, 2.45) is 5.92 Å². The number of methoxy groups -OCH3 is 1. The summed E-state index contributed by atoms with van der Waals surface area (Å²) in [7, 11) is 1.60. The monoisotopic (exact) mass is 636 g/mol. The van der Waals surface area contributed by atoms with Crippen LogP contribution in [0.15, 0.2) is 47.7 Å². The van der Waals surface area contributed by atoms with Crippen LogP contribution in [0.1, 0.15) is 39.0 Å². The lowest BCUT2D eigenvalue weighted by molar-refractivity contribution is -0.192. The summed E-state index contributed by atoms with van der Waals surface area (Å²) in [5.74, 6) is -1.01. The Bertz CT molecular complexity index is 1490. The average Bonchev–Trinajstić information content (AvgIpc) is 3.02. The summed E-state index contributed by atoms with van der Waals surface area (Å²) in [4.78, 5) is 28.4. The molecule has 9 nitrogen and oxygen atoms in total. The van der Waals surface area contributed by atoms with Gasteiger partial charge in [0.1, 0.15) is 12.3 Å². The molecule has 2 fully saturated rings. The molecule has 2 N–H and O–H groups in total. The molecule has 45 heavy (non-hydrogen) atoms. The van der Waals surface area contributed by atoms with E-state index in [0.717, 1.165) is 55.5 Å². The number of halogens is 4. The van der Waals surface area contributed by atoms with Gasteiger partial charge in [-0.3, -0.25) is 14.7 Å². The highest BCUT2D eigenvalue weighted by molar-refractivity contribution is 5.95. The molecule has 13 heteroatoms. The number of carbonyl (C=O) groups is 1. The smallest absolute Gasteiger partial charge is 0.490 e. The van der Waals surface area contributed by atoms with Gasteiger partial charge in [-0.2, -0.15) is 13.2 Å². The molecule has 2 saturated heterocycles. The number of carboxylic acid groups (broad SMARTS) is 1. The van der Waals surface area contributed by atoms with Crippen molar-refractivity contribution in [2.45, 2.75) is 64.0 Å². The van der Waals surface area contributed by atoms with Gasteiger partial charge in [0.2, 0.25) is 0 Å². The van der Waals surface area contributed by atoms with Crippen molar-refractivity contribution >= 4 is 16.7 Å². The summed E-state index contributed by atoms with van der Waals surface area (Å²) in [6, 6.07) is 7.61. The number of aliphatic carboxylic acids is 1. The van der Waals surface area contributed by atoms with E-state index < -0.39 is 24.4 Å². The Hall–Kier alpha value is -3.71. The third-order valence-electron chi connectivity index (χ3n) is 8.18. The predicted molar refractivity (Wildman–Crippen MR) is 163 cm³/mol. The second kappa shape index (κ2) is 15.5. The number of nitrogens with one attached hydrogen (secondary N) is 1. The fourth-order valence-corrected chi connectivity index (χ4v) is 5.73. The number of likely N-dealkylation sites (tertiary alicyclic amines) is 1. The second-order valence-electron chi connectivity index (χ2n) is 11.4. The van der Waals surface area contributed by atoms with Crippen LogP contribution in [0.5, 0.6) is 11.5 Å². The highest BCUT2D eigenvalue weighted by Crippen LogP contribution is 2.36. The SMILES string of the molecule is CCCCn1cc(-c2ccc(O[C@H]3CCN(CC4CCNCC4)C[C@@H]3F)c(OC)c2)c2ccncc2c1=O.O=C(O)C(F)(F)F. The van der Waals surface area contributed by atoms with Crippen molar-refractivity contribution in [2.75, 3.05) is 39.8 Å². The molecule has 0 unspecified atom stereocenters. The molecular weight excluding hydrogens is 596 g/mol. The Morgan fingerprint density at radius 3 is 2.51 bits per heavy atom. The minimum Gasteiger partial charge on any atom is -0.493 e. The van der Waals surface area contributed by atoms with E-state index in [1.165, 1.54) is 12.8 Å². The van der Waals surface area contributed by atoms with E-state index in [0.29, 0.717) is 42.3 Å². The van der Waals surface area contributed by atoms with Gasteiger partial charge in [0.15, 0.2) is 11.5 Å². The van der Waals surface area contributed by atoms with Crippen LogP contribution in [-0.4, -0.2) is 83.8 Å². The quantitative estimate of drug-likeness (QED) is 0.305. The van der Waals surface area contributed by atoms with E-state index in [4.69, 9.17) is 19.4 Å². The molecule has 3 aromatic rings. The average molecular weight is 637 g/mol. The van der Waals surface area contributed by atoms with Crippen LogP contribution in [0.2, 0.25) is 0 Å². The molecule has 0 spiro atoms. The first kappa shape index (κ1) is 34.2. The number of hydrogen-bond acceptors (Lipinski definition) is 7. The van der Waals surface area contributed by atoms with Crippen LogP contribution >= 0.6 is 0 Å². The fourth-order valence-electron chi connectivity index (χ4n) is 5.73. The molecule has 0 aliphatic carbocycles. The van der Waals surface area contributed by atoms with Crippen LogP contribution < -0.4 is 20.3 Å². The zero-order valence-corrected chi connectivity index (χ0v) is 25.5. The topological polar surface area (TPSA) is 106 Å². The second-order valence-corrected chi connectivity index (χ2v) is 11.4. The van der Waals surface area contributed by atoms with Crippen molar-refractivity contribution in [3.8, 4) is 22.6 Å². The lowest BCUT2D eigenvalue weighted by Crippen LogP contribution is -2.49. The molecule has 5 rings (SSSR count). The number of carboxylic acids is 1.